The lowest BCUT2D eigenvalue weighted by Gasteiger charge is -2.33. The van der Waals surface area contributed by atoms with Crippen LogP contribution in [-0.2, 0) is 10.0 Å². The Kier molecular flexibility index (Phi) is 4.94. The fourth-order valence-corrected chi connectivity index (χ4v) is 4.68. The van der Waals surface area contributed by atoms with Crippen molar-refractivity contribution in [3.8, 4) is 0 Å². The molecule has 4 rings (SSSR count). The van der Waals surface area contributed by atoms with E-state index in [1.54, 1.807) is 6.07 Å². The molecule has 0 aliphatic carbocycles. The van der Waals surface area contributed by atoms with Gasteiger partial charge in [-0.15, -0.1) is 0 Å². The SMILES string of the molecule is O=S(=O)(NC1CCN(c2ncnc3ccc(F)cc23)CC1)c1ccc(F)cc1. The minimum atomic E-state index is -3.71. The normalized spacial score (nSPS) is 15.9. The van der Waals surface area contributed by atoms with Gasteiger partial charge in [0, 0.05) is 24.5 Å². The monoisotopic (exact) mass is 404 g/mol. The first-order valence-corrected chi connectivity index (χ1v) is 10.3. The Morgan fingerprint density at radius 2 is 1.64 bits per heavy atom. The highest BCUT2D eigenvalue weighted by Gasteiger charge is 2.26. The minimum absolute atomic E-state index is 0.0357. The van der Waals surface area contributed by atoms with Crippen LogP contribution < -0.4 is 9.62 Å². The Labute approximate surface area is 161 Å². The van der Waals surface area contributed by atoms with Gasteiger partial charge in [0.1, 0.15) is 23.8 Å². The van der Waals surface area contributed by atoms with Gasteiger partial charge in [0.05, 0.1) is 10.4 Å². The number of fused-ring (bicyclic) bond motifs is 1. The molecule has 1 aliphatic rings. The van der Waals surface area contributed by atoms with Crippen molar-refractivity contribution in [2.24, 2.45) is 0 Å². The van der Waals surface area contributed by atoms with E-state index in [2.05, 4.69) is 14.7 Å². The lowest BCUT2D eigenvalue weighted by atomic mass is 10.1. The van der Waals surface area contributed by atoms with Crippen LogP contribution in [0.25, 0.3) is 10.9 Å². The molecule has 28 heavy (non-hydrogen) atoms. The zero-order valence-corrected chi connectivity index (χ0v) is 15.7. The van der Waals surface area contributed by atoms with Crippen molar-refractivity contribution in [1.29, 1.82) is 0 Å². The number of hydrogen-bond donors (Lipinski definition) is 1. The highest BCUT2D eigenvalue weighted by molar-refractivity contribution is 7.89. The molecule has 146 valence electrons. The van der Waals surface area contributed by atoms with Crippen molar-refractivity contribution in [1.82, 2.24) is 14.7 Å². The molecule has 9 heteroatoms. The van der Waals surface area contributed by atoms with Crippen LogP contribution in [0.4, 0.5) is 14.6 Å². The van der Waals surface area contributed by atoms with Gasteiger partial charge in [0.25, 0.3) is 0 Å². The van der Waals surface area contributed by atoms with Gasteiger partial charge in [0.15, 0.2) is 0 Å². The standard InChI is InChI=1S/C19H18F2N4O2S/c20-13-1-4-16(5-2-13)28(26,27)24-15-7-9-25(10-8-15)19-17-11-14(21)3-6-18(17)22-12-23-19/h1-6,11-12,15,24H,7-10H2. The molecule has 0 radical (unpaired) electrons. The summed E-state index contributed by atoms with van der Waals surface area (Å²) in [6.07, 6.45) is 2.58. The fraction of sp³-hybridized carbons (Fsp3) is 0.263. The largest absolute Gasteiger partial charge is 0.356 e. The Balaban J connectivity index is 1.47. The smallest absolute Gasteiger partial charge is 0.240 e. The van der Waals surface area contributed by atoms with E-state index in [0.29, 0.717) is 42.7 Å². The molecular formula is C19H18F2N4O2S. The van der Waals surface area contributed by atoms with Crippen LogP contribution in [0.15, 0.2) is 53.7 Å². The van der Waals surface area contributed by atoms with Gasteiger partial charge in [-0.1, -0.05) is 0 Å². The number of rotatable bonds is 4. The quantitative estimate of drug-likeness (QED) is 0.724. The Bertz CT molecular complexity index is 1100. The maximum Gasteiger partial charge on any atom is 0.240 e. The summed E-state index contributed by atoms with van der Waals surface area (Å²) in [7, 11) is -3.71. The van der Waals surface area contributed by atoms with Crippen molar-refractivity contribution < 1.29 is 17.2 Å². The molecule has 0 unspecified atom stereocenters. The van der Waals surface area contributed by atoms with E-state index in [-0.39, 0.29) is 16.8 Å². The summed E-state index contributed by atoms with van der Waals surface area (Å²) in [4.78, 5) is 10.5. The average molecular weight is 404 g/mol. The number of benzene rings is 2. The predicted molar refractivity (Wildman–Crippen MR) is 101 cm³/mol. The number of aromatic nitrogens is 2. The zero-order valence-electron chi connectivity index (χ0n) is 14.8. The summed E-state index contributed by atoms with van der Waals surface area (Å²) in [5, 5.41) is 0.632. The van der Waals surface area contributed by atoms with Gasteiger partial charge in [-0.05, 0) is 55.3 Å². The van der Waals surface area contributed by atoms with Crippen LogP contribution >= 0.6 is 0 Å². The minimum Gasteiger partial charge on any atom is -0.356 e. The third-order valence-corrected chi connectivity index (χ3v) is 6.35. The van der Waals surface area contributed by atoms with Crippen molar-refractivity contribution >= 4 is 26.7 Å². The molecule has 1 saturated heterocycles. The molecule has 1 aliphatic heterocycles. The second-order valence-electron chi connectivity index (χ2n) is 6.70. The van der Waals surface area contributed by atoms with E-state index < -0.39 is 15.8 Å². The summed E-state index contributed by atoms with van der Waals surface area (Å²) in [6.45, 7) is 1.14. The van der Waals surface area contributed by atoms with Crippen molar-refractivity contribution in [3.63, 3.8) is 0 Å². The van der Waals surface area contributed by atoms with E-state index >= 15 is 0 Å². The van der Waals surface area contributed by atoms with Crippen LogP contribution in [0, 0.1) is 11.6 Å². The molecule has 0 amide bonds. The third-order valence-electron chi connectivity index (χ3n) is 4.82. The van der Waals surface area contributed by atoms with Crippen LogP contribution in [-0.4, -0.2) is 37.5 Å². The molecule has 2 heterocycles. The Hall–Kier alpha value is -2.65. The first-order valence-electron chi connectivity index (χ1n) is 8.85. The molecule has 3 aromatic rings. The summed E-state index contributed by atoms with van der Waals surface area (Å²) >= 11 is 0. The van der Waals surface area contributed by atoms with Crippen LogP contribution in [0.1, 0.15) is 12.8 Å². The number of halogens is 2. The van der Waals surface area contributed by atoms with Gasteiger partial charge in [-0.3, -0.25) is 0 Å². The summed E-state index contributed by atoms with van der Waals surface area (Å²) < 4.78 is 54.3. The highest BCUT2D eigenvalue weighted by atomic mass is 32.2. The van der Waals surface area contributed by atoms with Gasteiger partial charge in [-0.2, -0.15) is 0 Å². The topological polar surface area (TPSA) is 75.2 Å². The molecule has 2 aromatic carbocycles. The van der Waals surface area contributed by atoms with E-state index in [4.69, 9.17) is 0 Å². The van der Waals surface area contributed by atoms with Gasteiger partial charge < -0.3 is 4.90 Å². The van der Waals surface area contributed by atoms with Crippen LogP contribution in [0.5, 0.6) is 0 Å². The third kappa shape index (κ3) is 3.81. The fourth-order valence-electron chi connectivity index (χ4n) is 3.38. The van der Waals surface area contributed by atoms with Crippen molar-refractivity contribution in [2.45, 2.75) is 23.8 Å². The number of piperidine rings is 1. The molecular weight excluding hydrogens is 386 g/mol. The number of nitrogens with zero attached hydrogens (tertiary/aromatic N) is 3. The van der Waals surface area contributed by atoms with Crippen LogP contribution in [0.2, 0.25) is 0 Å². The van der Waals surface area contributed by atoms with Gasteiger partial charge in [0.2, 0.25) is 10.0 Å². The maximum atomic E-state index is 13.6. The summed E-state index contributed by atoms with van der Waals surface area (Å²) in [5.41, 5.74) is 0.658. The van der Waals surface area contributed by atoms with E-state index in [0.717, 1.165) is 12.1 Å². The van der Waals surface area contributed by atoms with E-state index in [1.807, 2.05) is 4.90 Å². The zero-order chi connectivity index (χ0) is 19.7. The molecule has 0 spiro atoms. The first-order chi connectivity index (χ1) is 13.4. The van der Waals surface area contributed by atoms with Gasteiger partial charge >= 0.3 is 0 Å². The number of hydrogen-bond acceptors (Lipinski definition) is 5. The van der Waals surface area contributed by atoms with Crippen LogP contribution in [0.3, 0.4) is 0 Å². The molecule has 1 fully saturated rings. The van der Waals surface area contributed by atoms with Crippen molar-refractivity contribution in [2.75, 3.05) is 18.0 Å². The first kappa shape index (κ1) is 18.7. The van der Waals surface area contributed by atoms with Gasteiger partial charge in [-0.25, -0.2) is 31.9 Å². The number of nitrogens with one attached hydrogen (secondary N) is 1. The molecule has 0 bridgehead atoms. The molecule has 0 atom stereocenters. The lowest BCUT2D eigenvalue weighted by Crippen LogP contribution is -2.44. The summed E-state index contributed by atoms with van der Waals surface area (Å²) in [6, 6.07) is 8.87. The predicted octanol–water partition coefficient (Wildman–Crippen LogP) is 2.86. The van der Waals surface area contributed by atoms with E-state index in [9.17, 15) is 17.2 Å². The van der Waals surface area contributed by atoms with Crippen molar-refractivity contribution in [3.05, 3.63) is 60.4 Å². The lowest BCUT2D eigenvalue weighted by molar-refractivity contribution is 0.459. The summed E-state index contributed by atoms with van der Waals surface area (Å²) in [5.74, 6) is -0.199. The number of sulfonamides is 1. The van der Waals surface area contributed by atoms with E-state index in [1.165, 1.54) is 30.6 Å². The molecule has 0 saturated carbocycles. The molecule has 6 nitrogen and oxygen atoms in total. The molecule has 1 N–H and O–H groups in total. The average Bonchev–Trinajstić information content (AvgIpc) is 2.68. The molecule has 1 aromatic heterocycles. The highest BCUT2D eigenvalue weighted by Crippen LogP contribution is 2.26. The second-order valence-corrected chi connectivity index (χ2v) is 8.41. The second kappa shape index (κ2) is 7.40. The Morgan fingerprint density at radius 1 is 0.964 bits per heavy atom. The maximum absolute atomic E-state index is 13.6. The Morgan fingerprint density at radius 3 is 2.36 bits per heavy atom. The number of anilines is 1.